The molecule has 2 aromatic heterocycles. The summed E-state index contributed by atoms with van der Waals surface area (Å²) < 4.78 is 18.2. The van der Waals surface area contributed by atoms with Crippen molar-refractivity contribution in [3.8, 4) is 0 Å². The Bertz CT molecular complexity index is 1100. The average molecular weight is 579 g/mol. The molecule has 2 rings (SSSR count). The number of hydrogen-bond donors (Lipinski definition) is 3. The third-order valence-corrected chi connectivity index (χ3v) is 7.30. The standard InChI is InChI=1S/C29H50N6O6/c1-4-6-7-8-9-10-11-12-13-14-15-16-23(36)39-17-22(18-40-28(38)24(30)21(3)5-2)41-20-35-19-32-25-26(35)33-29(31)34-27(25)37/h19,21-22,24H,4-18,20,30H2,1-3H3,(H3,31,33,34,37)/t21-,22?,24-/m0/s1. The van der Waals surface area contributed by atoms with Crippen molar-refractivity contribution in [1.29, 1.82) is 0 Å². The zero-order chi connectivity index (χ0) is 30.0. The van der Waals surface area contributed by atoms with Crippen LogP contribution in [0.1, 0.15) is 104 Å². The summed E-state index contributed by atoms with van der Waals surface area (Å²) in [5.74, 6) is -0.969. The Morgan fingerprint density at radius 1 is 0.976 bits per heavy atom. The Labute approximate surface area is 242 Å². The van der Waals surface area contributed by atoms with Crippen LogP contribution in [0, 0.1) is 5.92 Å². The molecule has 5 N–H and O–H groups in total. The molecule has 0 amide bonds. The van der Waals surface area contributed by atoms with Crippen LogP contribution in [0.25, 0.3) is 11.2 Å². The Hall–Kier alpha value is -2.99. The van der Waals surface area contributed by atoms with Gasteiger partial charge in [0.2, 0.25) is 5.95 Å². The average Bonchev–Trinajstić information content (AvgIpc) is 3.37. The maximum atomic E-state index is 12.4. The second-order valence-electron chi connectivity index (χ2n) is 10.8. The van der Waals surface area contributed by atoms with E-state index in [0.29, 0.717) is 6.42 Å². The number of rotatable bonds is 22. The fraction of sp³-hybridized carbons (Fsp3) is 0.759. The summed E-state index contributed by atoms with van der Waals surface area (Å²) in [5, 5.41) is 0. The van der Waals surface area contributed by atoms with Crippen LogP contribution in [0.2, 0.25) is 0 Å². The Balaban J connectivity index is 1.80. The molecule has 12 nitrogen and oxygen atoms in total. The number of imidazole rings is 1. The smallest absolute Gasteiger partial charge is 0.323 e. The molecule has 0 spiro atoms. The van der Waals surface area contributed by atoms with Crippen molar-refractivity contribution >= 4 is 29.1 Å². The minimum atomic E-state index is -0.763. The van der Waals surface area contributed by atoms with Crippen LogP contribution < -0.4 is 17.0 Å². The molecular weight excluding hydrogens is 528 g/mol. The van der Waals surface area contributed by atoms with E-state index in [-0.39, 0.29) is 48.9 Å². The molecule has 2 aromatic rings. The van der Waals surface area contributed by atoms with E-state index < -0.39 is 23.7 Å². The normalized spacial score (nSPS) is 13.7. The SMILES string of the molecule is CCCCCCCCCCCCCC(=O)OCC(COC(=O)[C@@H](N)[C@@H](C)CC)OCn1cnc2c(=O)[nH]c(N)nc21. The minimum Gasteiger partial charge on any atom is -0.463 e. The third kappa shape index (κ3) is 12.6. The second-order valence-corrected chi connectivity index (χ2v) is 10.8. The number of H-pyrrole nitrogens is 1. The van der Waals surface area contributed by atoms with E-state index in [1.807, 2.05) is 13.8 Å². The van der Waals surface area contributed by atoms with Crippen molar-refractivity contribution in [2.45, 2.75) is 123 Å². The highest BCUT2D eigenvalue weighted by atomic mass is 16.6. The molecule has 2 heterocycles. The maximum Gasteiger partial charge on any atom is 0.323 e. The van der Waals surface area contributed by atoms with E-state index in [1.165, 1.54) is 62.3 Å². The lowest BCUT2D eigenvalue weighted by Gasteiger charge is -2.21. The maximum absolute atomic E-state index is 12.4. The number of nitrogens with one attached hydrogen (secondary N) is 1. The lowest BCUT2D eigenvalue weighted by atomic mass is 10.0. The number of aromatic amines is 1. The van der Waals surface area contributed by atoms with Crippen molar-refractivity contribution in [2.24, 2.45) is 11.7 Å². The number of carbonyl (C=O) groups is 2. The highest BCUT2D eigenvalue weighted by molar-refractivity contribution is 5.75. The van der Waals surface area contributed by atoms with Crippen LogP contribution in [0.3, 0.4) is 0 Å². The number of carbonyl (C=O) groups excluding carboxylic acids is 2. The third-order valence-electron chi connectivity index (χ3n) is 7.30. The molecule has 3 atom stereocenters. The second kappa shape index (κ2) is 19.2. The summed E-state index contributed by atoms with van der Waals surface area (Å²) in [6.07, 6.45) is 14.9. The van der Waals surface area contributed by atoms with E-state index in [9.17, 15) is 14.4 Å². The first-order chi connectivity index (χ1) is 19.8. The van der Waals surface area contributed by atoms with Gasteiger partial charge in [0.05, 0.1) is 6.33 Å². The van der Waals surface area contributed by atoms with Gasteiger partial charge in [-0.1, -0.05) is 91.4 Å². The quantitative estimate of drug-likeness (QED) is 0.135. The molecule has 0 saturated heterocycles. The minimum absolute atomic E-state index is 0.0440. The summed E-state index contributed by atoms with van der Waals surface area (Å²) in [6, 6.07) is -0.763. The van der Waals surface area contributed by atoms with Gasteiger partial charge in [-0.2, -0.15) is 4.98 Å². The Morgan fingerprint density at radius 2 is 1.59 bits per heavy atom. The van der Waals surface area contributed by atoms with Crippen molar-refractivity contribution in [3.05, 3.63) is 16.7 Å². The van der Waals surface area contributed by atoms with Crippen LogP contribution in [-0.4, -0.2) is 56.8 Å². The van der Waals surface area contributed by atoms with Gasteiger partial charge in [0.15, 0.2) is 11.2 Å². The van der Waals surface area contributed by atoms with Gasteiger partial charge >= 0.3 is 11.9 Å². The topological polar surface area (TPSA) is 177 Å². The van der Waals surface area contributed by atoms with Gasteiger partial charge in [0, 0.05) is 6.42 Å². The lowest BCUT2D eigenvalue weighted by Crippen LogP contribution is -2.40. The zero-order valence-corrected chi connectivity index (χ0v) is 25.1. The molecule has 41 heavy (non-hydrogen) atoms. The lowest BCUT2D eigenvalue weighted by molar-refractivity contribution is -0.159. The summed E-state index contributed by atoms with van der Waals surface area (Å²) >= 11 is 0. The van der Waals surface area contributed by atoms with Gasteiger partial charge < -0.3 is 25.7 Å². The predicted molar refractivity (Wildman–Crippen MR) is 158 cm³/mol. The monoisotopic (exact) mass is 578 g/mol. The van der Waals surface area contributed by atoms with Gasteiger partial charge in [-0.3, -0.25) is 23.9 Å². The fourth-order valence-electron chi connectivity index (χ4n) is 4.34. The number of nitrogen functional groups attached to an aromatic ring is 1. The van der Waals surface area contributed by atoms with Crippen molar-refractivity contribution in [2.75, 3.05) is 18.9 Å². The number of unbranched alkanes of at least 4 members (excludes halogenated alkanes) is 10. The number of hydrogen-bond acceptors (Lipinski definition) is 10. The van der Waals surface area contributed by atoms with Crippen molar-refractivity contribution < 1.29 is 23.8 Å². The highest BCUT2D eigenvalue weighted by Crippen LogP contribution is 2.13. The summed E-state index contributed by atoms with van der Waals surface area (Å²) in [4.78, 5) is 47.4. The molecule has 0 aliphatic carbocycles. The first kappa shape index (κ1) is 34.2. The number of fused-ring (bicyclic) bond motifs is 1. The van der Waals surface area contributed by atoms with Gasteiger partial charge in [0.25, 0.3) is 5.56 Å². The number of nitrogens with two attached hydrogens (primary N) is 2. The van der Waals surface area contributed by atoms with Crippen molar-refractivity contribution in [1.82, 2.24) is 19.5 Å². The first-order valence-electron chi connectivity index (χ1n) is 15.2. The molecule has 0 saturated carbocycles. The summed E-state index contributed by atoms with van der Waals surface area (Å²) in [7, 11) is 0. The zero-order valence-electron chi connectivity index (χ0n) is 25.1. The Kier molecular flexibility index (Phi) is 16.0. The predicted octanol–water partition coefficient (Wildman–Crippen LogP) is 4.21. The van der Waals surface area contributed by atoms with E-state index >= 15 is 0 Å². The van der Waals surface area contributed by atoms with Gasteiger partial charge in [-0.05, 0) is 12.3 Å². The molecule has 0 radical (unpaired) electrons. The largest absolute Gasteiger partial charge is 0.463 e. The molecule has 12 heteroatoms. The molecule has 0 aliphatic heterocycles. The molecule has 0 aliphatic rings. The number of esters is 2. The number of ether oxygens (including phenoxy) is 3. The molecule has 0 bridgehead atoms. The summed E-state index contributed by atoms with van der Waals surface area (Å²) in [5.41, 5.74) is 11.5. The van der Waals surface area contributed by atoms with Gasteiger partial charge in [-0.25, -0.2) is 4.98 Å². The van der Waals surface area contributed by atoms with Crippen LogP contribution in [0.5, 0.6) is 0 Å². The highest BCUT2D eigenvalue weighted by Gasteiger charge is 2.23. The molecule has 1 unspecified atom stereocenters. The van der Waals surface area contributed by atoms with Gasteiger partial charge in [-0.15, -0.1) is 0 Å². The fourth-order valence-corrected chi connectivity index (χ4v) is 4.34. The summed E-state index contributed by atoms with van der Waals surface area (Å²) in [6.45, 7) is 5.71. The molecule has 0 aromatic carbocycles. The van der Waals surface area contributed by atoms with E-state index in [2.05, 4.69) is 21.9 Å². The van der Waals surface area contributed by atoms with Crippen LogP contribution >= 0.6 is 0 Å². The van der Waals surface area contributed by atoms with Crippen LogP contribution in [0.4, 0.5) is 5.95 Å². The Morgan fingerprint density at radius 3 is 2.22 bits per heavy atom. The van der Waals surface area contributed by atoms with Crippen LogP contribution in [0.15, 0.2) is 11.1 Å². The van der Waals surface area contributed by atoms with Crippen molar-refractivity contribution in [3.63, 3.8) is 0 Å². The number of anilines is 1. The van der Waals surface area contributed by atoms with E-state index in [4.69, 9.17) is 25.7 Å². The molecule has 0 fully saturated rings. The number of aromatic nitrogens is 4. The van der Waals surface area contributed by atoms with E-state index in [0.717, 1.165) is 25.7 Å². The number of nitrogens with zero attached hydrogens (tertiary/aromatic N) is 3. The molecule has 232 valence electrons. The van der Waals surface area contributed by atoms with Gasteiger partial charge in [0.1, 0.15) is 32.1 Å². The first-order valence-corrected chi connectivity index (χ1v) is 15.2. The molecular formula is C29H50N6O6. The van der Waals surface area contributed by atoms with E-state index in [1.54, 1.807) is 0 Å². The van der Waals surface area contributed by atoms with Crippen LogP contribution in [-0.2, 0) is 30.5 Å².